The summed E-state index contributed by atoms with van der Waals surface area (Å²) >= 11 is 11.7. The molecule has 4 N–H and O–H groups in total. The highest BCUT2D eigenvalue weighted by atomic mass is 35.5. The van der Waals surface area contributed by atoms with Gasteiger partial charge in [0.25, 0.3) is 0 Å². The van der Waals surface area contributed by atoms with Gasteiger partial charge >= 0.3 is 0 Å². The van der Waals surface area contributed by atoms with Crippen molar-refractivity contribution in [3.05, 3.63) is 63.1 Å². The van der Waals surface area contributed by atoms with Crippen LogP contribution in [0.5, 0.6) is 0 Å². The largest absolute Gasteiger partial charge is 0.342 e. The molecule has 0 saturated carbocycles. The second-order valence-corrected chi connectivity index (χ2v) is 12.9. The van der Waals surface area contributed by atoms with E-state index >= 15 is 0 Å². The summed E-state index contributed by atoms with van der Waals surface area (Å²) in [5.74, 6) is -3.36. The van der Waals surface area contributed by atoms with Crippen molar-refractivity contribution >= 4 is 52.5 Å². The van der Waals surface area contributed by atoms with E-state index in [1.54, 1.807) is 11.0 Å². The topological polar surface area (TPSA) is 125 Å². The van der Waals surface area contributed by atoms with E-state index in [1.165, 1.54) is 29.2 Å². The molecule has 2 aliphatic rings. The molecule has 2 aromatic rings. The van der Waals surface area contributed by atoms with Gasteiger partial charge in [-0.1, -0.05) is 43.1 Å². The first kappa shape index (κ1) is 33.6. The summed E-state index contributed by atoms with van der Waals surface area (Å²) in [4.78, 5) is 56.4. The number of likely N-dealkylation sites (tertiary alicyclic amines) is 1. The van der Waals surface area contributed by atoms with E-state index in [4.69, 9.17) is 28.9 Å². The van der Waals surface area contributed by atoms with Crippen LogP contribution in [0.3, 0.4) is 0 Å². The number of carbonyl (C=O) groups is 4. The lowest BCUT2D eigenvalue weighted by Gasteiger charge is -2.38. The first-order chi connectivity index (χ1) is 20.8. The number of amides is 4. The zero-order chi connectivity index (χ0) is 32.2. The van der Waals surface area contributed by atoms with Crippen molar-refractivity contribution < 1.29 is 28.0 Å². The second-order valence-electron chi connectivity index (χ2n) is 12.1. The number of nitrogens with two attached hydrogens (primary N) is 1. The maximum Gasteiger partial charge on any atom is 0.247 e. The van der Waals surface area contributed by atoms with Gasteiger partial charge in [-0.15, -0.1) is 0 Å². The molecule has 2 aromatic carbocycles. The normalized spacial score (nSPS) is 18.3. The lowest BCUT2D eigenvalue weighted by Crippen LogP contribution is -2.56. The lowest BCUT2D eigenvalue weighted by molar-refractivity contribution is -0.144. The molecule has 238 valence electrons. The first-order valence-electron chi connectivity index (χ1n) is 14.6. The minimum atomic E-state index is -1.17. The van der Waals surface area contributed by atoms with E-state index in [9.17, 15) is 28.0 Å². The monoisotopic (exact) mass is 651 g/mol. The molecule has 0 aliphatic carbocycles. The van der Waals surface area contributed by atoms with Crippen molar-refractivity contribution in [3.8, 4) is 0 Å². The van der Waals surface area contributed by atoms with Gasteiger partial charge < -0.3 is 26.2 Å². The van der Waals surface area contributed by atoms with Crippen LogP contribution in [-0.4, -0.2) is 65.1 Å². The summed E-state index contributed by atoms with van der Waals surface area (Å²) in [6.45, 7) is 5.42. The molecule has 9 nitrogen and oxygen atoms in total. The average Bonchev–Trinajstić information content (AvgIpc) is 2.98. The number of hydrogen-bond acceptors (Lipinski definition) is 5. The summed E-state index contributed by atoms with van der Waals surface area (Å²) in [6, 6.07) is 4.51. The predicted octanol–water partition coefficient (Wildman–Crippen LogP) is 4.43. The van der Waals surface area contributed by atoms with Crippen LogP contribution in [0, 0.1) is 17.0 Å². The summed E-state index contributed by atoms with van der Waals surface area (Å²) in [7, 11) is 0. The second kappa shape index (κ2) is 14.2. The van der Waals surface area contributed by atoms with E-state index in [1.807, 2.05) is 0 Å². The fraction of sp³-hybridized carbons (Fsp3) is 0.484. The average molecular weight is 653 g/mol. The van der Waals surface area contributed by atoms with Crippen molar-refractivity contribution in [2.24, 2.45) is 11.1 Å². The third-order valence-electron chi connectivity index (χ3n) is 8.11. The molecular formula is C31H37Cl2F2N5O4. The number of nitrogens with zero attached hydrogens (tertiary/aromatic N) is 2. The SMILES string of the molecule is CC1(C)CCCN(C(=O)CCC(=O)N2Cc3cc(F)ccc3C[C@H]2C(=O)N[C@@H](CCN)C(=O)Nc2ccc(Cl)c(Cl)c2F)C1. The summed E-state index contributed by atoms with van der Waals surface area (Å²) in [5.41, 5.74) is 6.71. The predicted molar refractivity (Wildman–Crippen MR) is 164 cm³/mol. The molecule has 0 radical (unpaired) electrons. The highest BCUT2D eigenvalue weighted by Gasteiger charge is 2.37. The zero-order valence-corrected chi connectivity index (χ0v) is 26.2. The smallest absolute Gasteiger partial charge is 0.247 e. The molecular weight excluding hydrogens is 615 g/mol. The van der Waals surface area contributed by atoms with Crippen LogP contribution >= 0.6 is 23.2 Å². The van der Waals surface area contributed by atoms with Crippen LogP contribution < -0.4 is 16.4 Å². The van der Waals surface area contributed by atoms with E-state index < -0.39 is 41.4 Å². The molecule has 1 fully saturated rings. The van der Waals surface area contributed by atoms with Gasteiger partial charge in [-0.05, 0) is 66.6 Å². The van der Waals surface area contributed by atoms with E-state index in [2.05, 4.69) is 24.5 Å². The number of piperidine rings is 1. The van der Waals surface area contributed by atoms with Gasteiger partial charge in [0.15, 0.2) is 5.82 Å². The Kier molecular flexibility index (Phi) is 10.9. The van der Waals surface area contributed by atoms with Crippen LogP contribution in [0.4, 0.5) is 14.5 Å². The Hall–Kier alpha value is -3.28. The number of rotatable bonds is 9. The number of hydrogen-bond donors (Lipinski definition) is 3. The maximum absolute atomic E-state index is 14.6. The lowest BCUT2D eigenvalue weighted by atomic mass is 9.84. The fourth-order valence-corrected chi connectivity index (χ4v) is 6.06. The van der Waals surface area contributed by atoms with E-state index in [0.29, 0.717) is 24.2 Å². The molecule has 0 spiro atoms. The van der Waals surface area contributed by atoms with Gasteiger partial charge in [0.1, 0.15) is 17.9 Å². The van der Waals surface area contributed by atoms with Crippen LogP contribution in [-0.2, 0) is 32.1 Å². The molecule has 0 unspecified atom stereocenters. The summed E-state index contributed by atoms with van der Waals surface area (Å²) in [6.07, 6.45) is 1.83. The minimum Gasteiger partial charge on any atom is -0.342 e. The van der Waals surface area contributed by atoms with E-state index in [-0.39, 0.29) is 65.8 Å². The van der Waals surface area contributed by atoms with Crippen molar-refractivity contribution in [1.82, 2.24) is 15.1 Å². The minimum absolute atomic E-state index is 0.000290. The molecule has 44 heavy (non-hydrogen) atoms. The van der Waals surface area contributed by atoms with Crippen molar-refractivity contribution in [1.29, 1.82) is 0 Å². The molecule has 1 saturated heterocycles. The third-order valence-corrected chi connectivity index (χ3v) is 8.89. The Labute approximate surface area is 265 Å². The fourth-order valence-electron chi connectivity index (χ4n) is 5.75. The van der Waals surface area contributed by atoms with Crippen LogP contribution in [0.2, 0.25) is 10.0 Å². The van der Waals surface area contributed by atoms with Gasteiger partial charge in [0, 0.05) is 38.9 Å². The first-order valence-corrected chi connectivity index (χ1v) is 15.3. The van der Waals surface area contributed by atoms with Gasteiger partial charge in [-0.3, -0.25) is 19.2 Å². The number of nitrogens with one attached hydrogen (secondary N) is 2. The molecule has 2 aliphatic heterocycles. The zero-order valence-electron chi connectivity index (χ0n) is 24.7. The number of fused-ring (bicyclic) bond motifs is 1. The number of anilines is 1. The molecule has 0 bridgehead atoms. The maximum atomic E-state index is 14.6. The Morgan fingerprint density at radius 1 is 1.07 bits per heavy atom. The van der Waals surface area contributed by atoms with Crippen molar-refractivity contribution in [2.45, 2.75) is 71.0 Å². The highest BCUT2D eigenvalue weighted by Crippen LogP contribution is 2.31. The molecule has 2 heterocycles. The Bertz CT molecular complexity index is 1440. The quantitative estimate of drug-likeness (QED) is 0.346. The third kappa shape index (κ3) is 8.05. The van der Waals surface area contributed by atoms with Gasteiger partial charge in [-0.2, -0.15) is 0 Å². The van der Waals surface area contributed by atoms with Gasteiger partial charge in [0.2, 0.25) is 23.6 Å². The molecule has 4 rings (SSSR count). The summed E-state index contributed by atoms with van der Waals surface area (Å²) in [5, 5.41) is 4.66. The van der Waals surface area contributed by atoms with Crippen LogP contribution in [0.1, 0.15) is 57.1 Å². The molecule has 2 atom stereocenters. The Balaban J connectivity index is 1.50. The van der Waals surface area contributed by atoms with E-state index in [0.717, 1.165) is 12.8 Å². The molecule has 13 heteroatoms. The van der Waals surface area contributed by atoms with Gasteiger partial charge in [-0.25, -0.2) is 8.78 Å². The number of carbonyl (C=O) groups excluding carboxylic acids is 4. The van der Waals surface area contributed by atoms with Crippen LogP contribution in [0.25, 0.3) is 0 Å². The number of benzene rings is 2. The van der Waals surface area contributed by atoms with Gasteiger partial charge in [0.05, 0.1) is 15.7 Å². The highest BCUT2D eigenvalue weighted by molar-refractivity contribution is 6.42. The van der Waals surface area contributed by atoms with Crippen LogP contribution in [0.15, 0.2) is 30.3 Å². The van der Waals surface area contributed by atoms with Crippen molar-refractivity contribution in [2.75, 3.05) is 25.0 Å². The Morgan fingerprint density at radius 3 is 2.50 bits per heavy atom. The molecule has 0 aromatic heterocycles. The molecule has 4 amide bonds. The Morgan fingerprint density at radius 2 is 1.80 bits per heavy atom. The number of halogens is 4. The van der Waals surface area contributed by atoms with Crippen molar-refractivity contribution in [3.63, 3.8) is 0 Å². The summed E-state index contributed by atoms with van der Waals surface area (Å²) < 4.78 is 28.6. The standard InChI is InChI=1S/C31H37Cl2F2N5O4/c1-31(2)11-3-13-39(17-31)25(41)8-9-26(42)40-16-19-14-20(34)5-4-18(19)15-24(40)30(44)38-23(10-12-36)29(43)37-22-7-6-21(32)27(33)28(22)35/h4-7,14,23-24H,3,8-13,15-17,36H2,1-2H3,(H,37,43)(H,38,44)/t23-,24-/m0/s1.